The highest BCUT2D eigenvalue weighted by atomic mass is 16.3. The quantitative estimate of drug-likeness (QED) is 0.805. The average molecular weight is 246 g/mol. The van der Waals surface area contributed by atoms with Crippen LogP contribution in [0, 0.1) is 6.92 Å². The fourth-order valence-corrected chi connectivity index (χ4v) is 3.01. The average Bonchev–Trinajstić information content (AvgIpc) is 2.63. The van der Waals surface area contributed by atoms with Gasteiger partial charge in [0.2, 0.25) is 0 Å². The van der Waals surface area contributed by atoms with Crippen LogP contribution in [0.15, 0.2) is 24.3 Å². The zero-order valence-corrected chi connectivity index (χ0v) is 11.4. The standard InChI is InChI=1S/C15H22N2O/c1-4-12-11-8-6-7-10(3)15(11)13(9-14(16)18)17(12)5-2/h4,6-8,13-14,18H,5,9,16H2,1-3H3/b12-4-. The van der Waals surface area contributed by atoms with Gasteiger partial charge in [0.05, 0.1) is 6.04 Å². The van der Waals surface area contributed by atoms with E-state index in [0.717, 1.165) is 6.54 Å². The summed E-state index contributed by atoms with van der Waals surface area (Å²) in [6, 6.07) is 6.56. The zero-order chi connectivity index (χ0) is 13.3. The number of benzene rings is 1. The molecule has 0 radical (unpaired) electrons. The van der Waals surface area contributed by atoms with Crippen LogP contribution in [-0.4, -0.2) is 22.8 Å². The van der Waals surface area contributed by atoms with Crippen molar-refractivity contribution in [3.05, 3.63) is 41.0 Å². The van der Waals surface area contributed by atoms with Gasteiger partial charge in [-0.1, -0.05) is 24.3 Å². The van der Waals surface area contributed by atoms with Gasteiger partial charge in [-0.2, -0.15) is 0 Å². The second-order valence-corrected chi connectivity index (χ2v) is 4.81. The maximum absolute atomic E-state index is 9.53. The first-order chi connectivity index (χ1) is 8.60. The molecule has 1 aromatic rings. The Labute approximate surface area is 109 Å². The topological polar surface area (TPSA) is 49.5 Å². The summed E-state index contributed by atoms with van der Waals surface area (Å²) in [7, 11) is 0. The summed E-state index contributed by atoms with van der Waals surface area (Å²) < 4.78 is 0. The molecule has 3 N–H and O–H groups in total. The van der Waals surface area contributed by atoms with Crippen LogP contribution in [0.1, 0.15) is 43.0 Å². The molecule has 2 unspecified atom stereocenters. The number of nitrogens with two attached hydrogens (primary N) is 1. The first-order valence-electron chi connectivity index (χ1n) is 6.56. The number of aliphatic hydroxyl groups excluding tert-OH is 1. The molecule has 0 aliphatic carbocycles. The van der Waals surface area contributed by atoms with Gasteiger partial charge in [0.25, 0.3) is 0 Å². The Hall–Kier alpha value is -1.32. The third-order valence-electron chi connectivity index (χ3n) is 3.70. The predicted octanol–water partition coefficient (Wildman–Crippen LogP) is 2.40. The molecule has 0 saturated carbocycles. The highest BCUT2D eigenvalue weighted by Crippen LogP contribution is 2.44. The molecule has 98 valence electrons. The number of hydrogen-bond donors (Lipinski definition) is 2. The van der Waals surface area contributed by atoms with E-state index in [1.807, 2.05) is 0 Å². The number of aryl methyl sites for hydroxylation is 1. The molecule has 3 heteroatoms. The van der Waals surface area contributed by atoms with E-state index >= 15 is 0 Å². The molecule has 0 fully saturated rings. The van der Waals surface area contributed by atoms with Crippen molar-refractivity contribution in [2.24, 2.45) is 5.73 Å². The zero-order valence-electron chi connectivity index (χ0n) is 11.4. The number of allylic oxidation sites excluding steroid dienone is 1. The monoisotopic (exact) mass is 246 g/mol. The Morgan fingerprint density at radius 2 is 2.22 bits per heavy atom. The molecule has 1 aromatic carbocycles. The fourth-order valence-electron chi connectivity index (χ4n) is 3.01. The van der Waals surface area contributed by atoms with Crippen molar-refractivity contribution in [3.8, 4) is 0 Å². The van der Waals surface area contributed by atoms with Gasteiger partial charge >= 0.3 is 0 Å². The van der Waals surface area contributed by atoms with Crippen molar-refractivity contribution in [3.63, 3.8) is 0 Å². The Bertz CT molecular complexity index is 466. The molecule has 2 atom stereocenters. The summed E-state index contributed by atoms with van der Waals surface area (Å²) in [6.45, 7) is 7.25. The Morgan fingerprint density at radius 1 is 1.50 bits per heavy atom. The summed E-state index contributed by atoms with van der Waals surface area (Å²) in [6.07, 6.45) is 1.95. The normalized spacial score (nSPS) is 22.4. The van der Waals surface area contributed by atoms with Gasteiger partial charge in [-0.3, -0.25) is 0 Å². The second kappa shape index (κ2) is 5.12. The molecule has 1 aliphatic rings. The summed E-state index contributed by atoms with van der Waals surface area (Å²) >= 11 is 0. The molecule has 0 saturated heterocycles. The lowest BCUT2D eigenvalue weighted by molar-refractivity contribution is 0.136. The van der Waals surface area contributed by atoms with Gasteiger partial charge in [0, 0.05) is 24.2 Å². The van der Waals surface area contributed by atoms with Crippen LogP contribution >= 0.6 is 0 Å². The lowest BCUT2D eigenvalue weighted by atomic mass is 9.96. The van der Waals surface area contributed by atoms with E-state index in [1.54, 1.807) is 0 Å². The number of nitrogens with zero attached hydrogens (tertiary/aromatic N) is 1. The van der Waals surface area contributed by atoms with E-state index in [9.17, 15) is 5.11 Å². The van der Waals surface area contributed by atoms with E-state index in [2.05, 4.69) is 49.9 Å². The molecule has 3 nitrogen and oxygen atoms in total. The van der Waals surface area contributed by atoms with E-state index in [0.29, 0.717) is 6.42 Å². The minimum Gasteiger partial charge on any atom is -0.379 e. The maximum Gasteiger partial charge on any atom is 0.104 e. The van der Waals surface area contributed by atoms with Crippen LogP contribution in [-0.2, 0) is 0 Å². The van der Waals surface area contributed by atoms with Gasteiger partial charge in [0.1, 0.15) is 6.23 Å². The van der Waals surface area contributed by atoms with Gasteiger partial charge in [-0.05, 0) is 31.9 Å². The third-order valence-corrected chi connectivity index (χ3v) is 3.70. The molecular weight excluding hydrogens is 224 g/mol. The Balaban J connectivity index is 2.53. The summed E-state index contributed by atoms with van der Waals surface area (Å²) in [5.74, 6) is 0. The highest BCUT2D eigenvalue weighted by molar-refractivity contribution is 5.73. The lowest BCUT2D eigenvalue weighted by Crippen LogP contribution is -2.29. The van der Waals surface area contributed by atoms with Gasteiger partial charge in [-0.25, -0.2) is 0 Å². The van der Waals surface area contributed by atoms with E-state index in [1.165, 1.54) is 22.4 Å². The number of rotatable bonds is 3. The van der Waals surface area contributed by atoms with Crippen molar-refractivity contribution in [1.82, 2.24) is 4.90 Å². The van der Waals surface area contributed by atoms with Crippen molar-refractivity contribution < 1.29 is 5.11 Å². The van der Waals surface area contributed by atoms with Crippen LogP contribution in [0.3, 0.4) is 0 Å². The number of hydrogen-bond acceptors (Lipinski definition) is 3. The van der Waals surface area contributed by atoms with E-state index in [-0.39, 0.29) is 6.04 Å². The largest absolute Gasteiger partial charge is 0.379 e. The first kappa shape index (κ1) is 13.1. The molecule has 0 bridgehead atoms. The summed E-state index contributed by atoms with van der Waals surface area (Å²) in [5.41, 5.74) is 10.7. The van der Waals surface area contributed by atoms with Crippen LogP contribution < -0.4 is 5.73 Å². The van der Waals surface area contributed by atoms with Gasteiger partial charge < -0.3 is 15.7 Å². The second-order valence-electron chi connectivity index (χ2n) is 4.81. The maximum atomic E-state index is 9.53. The molecule has 2 rings (SSSR count). The fraction of sp³-hybridized carbons (Fsp3) is 0.467. The third kappa shape index (κ3) is 2.04. The molecule has 1 heterocycles. The van der Waals surface area contributed by atoms with Gasteiger partial charge in [-0.15, -0.1) is 0 Å². The highest BCUT2D eigenvalue weighted by Gasteiger charge is 2.33. The SMILES string of the molecule is C/C=C1/c2cccc(C)c2C(CC(N)O)N1CC. The molecular formula is C15H22N2O. The molecule has 0 aromatic heterocycles. The van der Waals surface area contributed by atoms with E-state index < -0.39 is 6.23 Å². The Morgan fingerprint density at radius 3 is 2.78 bits per heavy atom. The lowest BCUT2D eigenvalue weighted by Gasteiger charge is -2.28. The van der Waals surface area contributed by atoms with Crippen molar-refractivity contribution >= 4 is 5.70 Å². The minimum atomic E-state index is -0.771. The Kier molecular flexibility index (Phi) is 3.73. The smallest absolute Gasteiger partial charge is 0.104 e. The number of aliphatic hydroxyl groups is 1. The molecule has 1 aliphatic heterocycles. The van der Waals surface area contributed by atoms with Crippen LogP contribution in [0.5, 0.6) is 0 Å². The van der Waals surface area contributed by atoms with Crippen molar-refractivity contribution in [2.75, 3.05) is 6.54 Å². The molecule has 0 spiro atoms. The minimum absolute atomic E-state index is 0.192. The number of fused-ring (bicyclic) bond motifs is 1. The van der Waals surface area contributed by atoms with Gasteiger partial charge in [0.15, 0.2) is 0 Å². The van der Waals surface area contributed by atoms with E-state index in [4.69, 9.17) is 5.73 Å². The van der Waals surface area contributed by atoms with Crippen LogP contribution in [0.2, 0.25) is 0 Å². The van der Waals surface area contributed by atoms with Crippen molar-refractivity contribution in [1.29, 1.82) is 0 Å². The van der Waals surface area contributed by atoms with Crippen molar-refractivity contribution in [2.45, 2.75) is 39.5 Å². The molecule has 18 heavy (non-hydrogen) atoms. The van der Waals surface area contributed by atoms with Crippen LogP contribution in [0.25, 0.3) is 5.70 Å². The predicted molar refractivity (Wildman–Crippen MR) is 74.8 cm³/mol. The molecule has 0 amide bonds. The van der Waals surface area contributed by atoms with Crippen LogP contribution in [0.4, 0.5) is 0 Å². The summed E-state index contributed by atoms with van der Waals surface area (Å²) in [4.78, 5) is 2.33. The summed E-state index contributed by atoms with van der Waals surface area (Å²) in [5, 5.41) is 9.53. The first-order valence-corrected chi connectivity index (χ1v) is 6.56.